The van der Waals surface area contributed by atoms with Gasteiger partial charge in [0.05, 0.1) is 13.2 Å². The number of nitrogens with zero attached hydrogens (tertiary/aromatic N) is 3. The monoisotopic (exact) mass is 374 g/mol. The molecule has 150 valence electrons. The van der Waals surface area contributed by atoms with E-state index in [1.54, 1.807) is 0 Å². The molecule has 6 nitrogen and oxygen atoms in total. The molecule has 2 saturated heterocycles. The molecule has 0 aliphatic carbocycles. The molecule has 2 aliphatic heterocycles. The molecule has 1 N–H and O–H groups in total. The first-order valence-electron chi connectivity index (χ1n) is 10.2. The van der Waals surface area contributed by atoms with Gasteiger partial charge in [0.2, 0.25) is 0 Å². The van der Waals surface area contributed by atoms with E-state index in [4.69, 9.17) is 9.47 Å². The van der Waals surface area contributed by atoms with E-state index in [2.05, 4.69) is 45.2 Å². The van der Waals surface area contributed by atoms with Crippen molar-refractivity contribution in [3.8, 4) is 5.75 Å². The SMILES string of the molecule is CN=C(NCc1cccc(OCCN2CCOCC2)c1)N1CCCC(C)C1. The average Bonchev–Trinajstić information content (AvgIpc) is 2.70. The summed E-state index contributed by atoms with van der Waals surface area (Å²) < 4.78 is 11.3. The molecule has 2 aliphatic rings. The fourth-order valence-electron chi connectivity index (χ4n) is 3.76. The molecule has 0 spiro atoms. The van der Waals surface area contributed by atoms with Crippen LogP contribution in [0.1, 0.15) is 25.3 Å². The number of morpholine rings is 1. The molecule has 2 fully saturated rings. The molecule has 3 rings (SSSR count). The summed E-state index contributed by atoms with van der Waals surface area (Å²) in [6.45, 7) is 10.6. The zero-order chi connectivity index (χ0) is 18.9. The van der Waals surface area contributed by atoms with Crippen molar-refractivity contribution in [2.75, 3.05) is 59.6 Å². The maximum atomic E-state index is 5.96. The fourth-order valence-corrected chi connectivity index (χ4v) is 3.76. The Morgan fingerprint density at radius 1 is 1.30 bits per heavy atom. The molecule has 0 bridgehead atoms. The van der Waals surface area contributed by atoms with E-state index in [0.717, 1.165) is 70.1 Å². The van der Waals surface area contributed by atoms with Crippen molar-refractivity contribution >= 4 is 5.96 Å². The first-order chi connectivity index (χ1) is 13.2. The van der Waals surface area contributed by atoms with Crippen LogP contribution >= 0.6 is 0 Å². The summed E-state index contributed by atoms with van der Waals surface area (Å²) >= 11 is 0. The number of piperidine rings is 1. The smallest absolute Gasteiger partial charge is 0.193 e. The lowest BCUT2D eigenvalue weighted by molar-refractivity contribution is 0.0322. The van der Waals surface area contributed by atoms with Crippen LogP contribution in [0.2, 0.25) is 0 Å². The summed E-state index contributed by atoms with van der Waals surface area (Å²) in [6, 6.07) is 8.35. The van der Waals surface area contributed by atoms with Gasteiger partial charge in [0.1, 0.15) is 12.4 Å². The van der Waals surface area contributed by atoms with Crippen LogP contribution in [0.3, 0.4) is 0 Å². The van der Waals surface area contributed by atoms with Crippen molar-refractivity contribution in [3.63, 3.8) is 0 Å². The van der Waals surface area contributed by atoms with Crippen molar-refractivity contribution in [2.45, 2.75) is 26.3 Å². The van der Waals surface area contributed by atoms with Gasteiger partial charge in [-0.1, -0.05) is 19.1 Å². The molecule has 1 aromatic carbocycles. The lowest BCUT2D eigenvalue weighted by atomic mass is 10.0. The van der Waals surface area contributed by atoms with Crippen molar-refractivity contribution < 1.29 is 9.47 Å². The van der Waals surface area contributed by atoms with Crippen LogP contribution in [0.5, 0.6) is 5.75 Å². The van der Waals surface area contributed by atoms with Crippen LogP contribution in [0, 0.1) is 5.92 Å². The predicted molar refractivity (Wildman–Crippen MR) is 109 cm³/mol. The fraction of sp³-hybridized carbons (Fsp3) is 0.667. The van der Waals surface area contributed by atoms with Crippen LogP contribution in [-0.2, 0) is 11.3 Å². The van der Waals surface area contributed by atoms with Gasteiger partial charge in [-0.15, -0.1) is 0 Å². The average molecular weight is 375 g/mol. The summed E-state index contributed by atoms with van der Waals surface area (Å²) in [5.41, 5.74) is 1.21. The van der Waals surface area contributed by atoms with E-state index in [0.29, 0.717) is 6.61 Å². The van der Waals surface area contributed by atoms with Gasteiger partial charge in [-0.25, -0.2) is 0 Å². The van der Waals surface area contributed by atoms with Gasteiger partial charge >= 0.3 is 0 Å². The lowest BCUT2D eigenvalue weighted by Gasteiger charge is -2.33. The molecule has 1 aromatic rings. The number of ether oxygens (including phenoxy) is 2. The second kappa shape index (κ2) is 10.5. The van der Waals surface area contributed by atoms with Crippen LogP contribution in [-0.4, -0.2) is 75.4 Å². The number of nitrogens with one attached hydrogen (secondary N) is 1. The summed E-state index contributed by atoms with van der Waals surface area (Å²) in [6.07, 6.45) is 2.56. The second-order valence-electron chi connectivity index (χ2n) is 7.54. The predicted octanol–water partition coefficient (Wildman–Crippen LogP) is 2.20. The Morgan fingerprint density at radius 2 is 2.15 bits per heavy atom. The summed E-state index contributed by atoms with van der Waals surface area (Å²) in [5, 5.41) is 3.51. The molecule has 0 radical (unpaired) electrons. The van der Waals surface area contributed by atoms with Gasteiger partial charge in [0.15, 0.2) is 5.96 Å². The van der Waals surface area contributed by atoms with Gasteiger partial charge in [0, 0.05) is 46.3 Å². The Bertz CT molecular complexity index is 602. The third kappa shape index (κ3) is 6.40. The van der Waals surface area contributed by atoms with Crippen molar-refractivity contribution in [1.82, 2.24) is 15.1 Å². The van der Waals surface area contributed by atoms with Crippen LogP contribution in [0.4, 0.5) is 0 Å². The third-order valence-electron chi connectivity index (χ3n) is 5.30. The van der Waals surface area contributed by atoms with Gasteiger partial charge in [-0.2, -0.15) is 0 Å². The van der Waals surface area contributed by atoms with Gasteiger partial charge in [-0.3, -0.25) is 9.89 Å². The standard InChI is InChI=1S/C21H34N4O2/c1-18-5-4-8-25(17-18)21(22-2)23-16-19-6-3-7-20(15-19)27-14-11-24-9-12-26-13-10-24/h3,6-7,15,18H,4-5,8-14,16-17H2,1-2H3,(H,22,23). The Kier molecular flexibility index (Phi) is 7.78. The molecule has 6 heteroatoms. The molecule has 1 atom stereocenters. The largest absolute Gasteiger partial charge is 0.492 e. The van der Waals surface area contributed by atoms with Gasteiger partial charge in [0.25, 0.3) is 0 Å². The maximum Gasteiger partial charge on any atom is 0.193 e. The first-order valence-corrected chi connectivity index (χ1v) is 10.2. The molecular weight excluding hydrogens is 340 g/mol. The van der Waals surface area contributed by atoms with Crippen molar-refractivity contribution in [1.29, 1.82) is 0 Å². The number of aliphatic imine (C=N–C) groups is 1. The van der Waals surface area contributed by atoms with E-state index >= 15 is 0 Å². The Labute approximate surface area is 163 Å². The van der Waals surface area contributed by atoms with Crippen molar-refractivity contribution in [2.24, 2.45) is 10.9 Å². The molecule has 1 unspecified atom stereocenters. The van der Waals surface area contributed by atoms with E-state index < -0.39 is 0 Å². The summed E-state index contributed by atoms with van der Waals surface area (Å²) in [7, 11) is 1.87. The minimum atomic E-state index is 0.713. The summed E-state index contributed by atoms with van der Waals surface area (Å²) in [5.74, 6) is 2.67. The number of hydrogen-bond acceptors (Lipinski definition) is 4. The number of benzene rings is 1. The maximum absolute atomic E-state index is 5.96. The Balaban J connectivity index is 1.45. The highest BCUT2D eigenvalue weighted by Gasteiger charge is 2.19. The minimum Gasteiger partial charge on any atom is -0.492 e. The van der Waals surface area contributed by atoms with Gasteiger partial charge < -0.3 is 19.7 Å². The highest BCUT2D eigenvalue weighted by molar-refractivity contribution is 5.80. The Hall–Kier alpha value is -1.79. The van der Waals surface area contributed by atoms with E-state index in [1.165, 1.54) is 18.4 Å². The van der Waals surface area contributed by atoms with E-state index in [9.17, 15) is 0 Å². The van der Waals surface area contributed by atoms with Crippen LogP contribution in [0.25, 0.3) is 0 Å². The highest BCUT2D eigenvalue weighted by atomic mass is 16.5. The van der Waals surface area contributed by atoms with Crippen LogP contribution < -0.4 is 10.1 Å². The molecule has 0 amide bonds. The number of likely N-dealkylation sites (tertiary alicyclic amines) is 1. The normalized spacial score (nSPS) is 21.9. The number of guanidine groups is 1. The molecule has 27 heavy (non-hydrogen) atoms. The molecule has 2 heterocycles. The third-order valence-corrected chi connectivity index (χ3v) is 5.30. The van der Waals surface area contributed by atoms with Gasteiger partial charge in [-0.05, 0) is 36.5 Å². The Morgan fingerprint density at radius 3 is 2.93 bits per heavy atom. The topological polar surface area (TPSA) is 49.3 Å². The van der Waals surface area contributed by atoms with Crippen molar-refractivity contribution in [3.05, 3.63) is 29.8 Å². The number of hydrogen-bond donors (Lipinski definition) is 1. The zero-order valence-electron chi connectivity index (χ0n) is 16.8. The first kappa shape index (κ1) is 20.0. The van der Waals surface area contributed by atoms with Crippen LogP contribution in [0.15, 0.2) is 29.3 Å². The summed E-state index contributed by atoms with van der Waals surface area (Å²) in [4.78, 5) is 9.23. The van der Waals surface area contributed by atoms with E-state index in [-0.39, 0.29) is 0 Å². The quantitative estimate of drug-likeness (QED) is 0.611. The second-order valence-corrected chi connectivity index (χ2v) is 7.54. The minimum absolute atomic E-state index is 0.713. The zero-order valence-corrected chi connectivity index (χ0v) is 16.8. The molecule has 0 saturated carbocycles. The molecular formula is C21H34N4O2. The number of rotatable bonds is 6. The lowest BCUT2D eigenvalue weighted by Crippen LogP contribution is -2.45. The molecule has 0 aromatic heterocycles. The highest BCUT2D eigenvalue weighted by Crippen LogP contribution is 2.16. The van der Waals surface area contributed by atoms with E-state index in [1.807, 2.05) is 13.1 Å².